The van der Waals surface area contributed by atoms with Crippen molar-refractivity contribution >= 4 is 75.9 Å². The Labute approximate surface area is 356 Å². The van der Waals surface area contributed by atoms with Crippen LogP contribution < -0.4 is 0 Å². The molecule has 0 radical (unpaired) electrons. The van der Waals surface area contributed by atoms with Gasteiger partial charge in [0.05, 0.1) is 27.8 Å². The zero-order valence-corrected chi connectivity index (χ0v) is 33.4. The Kier molecular flexibility index (Phi) is 7.54. The highest BCUT2D eigenvalue weighted by atomic mass is 15.0. The van der Waals surface area contributed by atoms with Crippen molar-refractivity contribution < 1.29 is 0 Å². The van der Waals surface area contributed by atoms with Gasteiger partial charge < -0.3 is 9.13 Å². The van der Waals surface area contributed by atoms with Crippen LogP contribution in [0, 0.1) is 0 Å². The van der Waals surface area contributed by atoms with E-state index in [1.807, 2.05) is 60.7 Å². The highest BCUT2D eigenvalue weighted by molar-refractivity contribution is 6.23. The van der Waals surface area contributed by atoms with Crippen molar-refractivity contribution in [1.82, 2.24) is 24.1 Å². The highest BCUT2D eigenvalue weighted by Crippen LogP contribution is 2.43. The van der Waals surface area contributed by atoms with Gasteiger partial charge in [0.2, 0.25) is 0 Å². The molecule has 13 aromatic rings. The van der Waals surface area contributed by atoms with Crippen LogP contribution in [0.3, 0.4) is 0 Å². The Morgan fingerprint density at radius 1 is 0.274 bits per heavy atom. The van der Waals surface area contributed by atoms with E-state index in [0.717, 1.165) is 38.7 Å². The molecule has 5 heteroatoms. The monoisotopic (exact) mass is 789 g/mol. The maximum Gasteiger partial charge on any atom is 0.164 e. The Morgan fingerprint density at radius 3 is 1.58 bits per heavy atom. The van der Waals surface area contributed by atoms with Gasteiger partial charge in [0.25, 0.3) is 0 Å². The Hall–Kier alpha value is -8.41. The molecule has 0 aliphatic rings. The van der Waals surface area contributed by atoms with E-state index in [1.54, 1.807) is 0 Å². The normalized spacial score (nSPS) is 11.9. The first kappa shape index (κ1) is 34.5. The Balaban J connectivity index is 1.02. The van der Waals surface area contributed by atoms with Crippen LogP contribution in [0.4, 0.5) is 0 Å². The van der Waals surface area contributed by atoms with E-state index in [4.69, 9.17) is 15.0 Å². The lowest BCUT2D eigenvalue weighted by Gasteiger charge is -2.14. The number of rotatable bonds is 5. The maximum atomic E-state index is 5.01. The number of fused-ring (bicyclic) bond motifs is 10. The summed E-state index contributed by atoms with van der Waals surface area (Å²) in [7, 11) is 0. The lowest BCUT2D eigenvalue weighted by molar-refractivity contribution is 1.07. The van der Waals surface area contributed by atoms with Gasteiger partial charge in [-0.05, 0) is 64.0 Å². The van der Waals surface area contributed by atoms with Crippen LogP contribution in [0.2, 0.25) is 0 Å². The second-order valence-electron chi connectivity index (χ2n) is 16.0. The van der Waals surface area contributed by atoms with Crippen molar-refractivity contribution in [2.75, 3.05) is 0 Å². The van der Waals surface area contributed by atoms with Gasteiger partial charge in [0.1, 0.15) is 0 Å². The summed E-state index contributed by atoms with van der Waals surface area (Å²) in [5.41, 5.74) is 9.86. The van der Waals surface area contributed by atoms with E-state index in [0.29, 0.717) is 17.5 Å². The Morgan fingerprint density at radius 2 is 0.823 bits per heavy atom. The second kappa shape index (κ2) is 13.6. The summed E-state index contributed by atoms with van der Waals surface area (Å²) in [5.74, 6) is 1.94. The Bertz CT molecular complexity index is 3860. The first-order valence-electron chi connectivity index (χ1n) is 21.0. The minimum atomic E-state index is 0.643. The largest absolute Gasteiger partial charge is 0.309 e. The topological polar surface area (TPSA) is 48.5 Å². The number of para-hydroxylation sites is 1. The van der Waals surface area contributed by atoms with Crippen molar-refractivity contribution in [2.45, 2.75) is 0 Å². The number of nitrogens with zero attached hydrogens (tertiary/aromatic N) is 5. The fourth-order valence-corrected chi connectivity index (χ4v) is 9.62. The standard InChI is InChI=1S/C57H35N5/c1-3-16-38(17-4-1)55-58-56(39-18-5-2-6-19-39)60-57(59-55)42-27-26-41-33-43(30-28-40(41)32-42)61-51-24-12-11-23-46(51)48-34-49-47-31-29-37-15-8-10-22-45(37)54(47)62(53(49)35-52(48)61)50-25-13-20-36-14-7-9-21-44(36)50/h1-35H. The van der Waals surface area contributed by atoms with Crippen LogP contribution in [0.25, 0.3) is 121 Å². The molecule has 5 nitrogen and oxygen atoms in total. The highest BCUT2D eigenvalue weighted by Gasteiger charge is 2.21. The van der Waals surface area contributed by atoms with Crippen LogP contribution in [-0.2, 0) is 0 Å². The van der Waals surface area contributed by atoms with Gasteiger partial charge in [-0.3, -0.25) is 0 Å². The molecule has 288 valence electrons. The third-order valence-electron chi connectivity index (χ3n) is 12.5. The summed E-state index contributed by atoms with van der Waals surface area (Å²) >= 11 is 0. The SMILES string of the molecule is c1ccc(-c2nc(-c3ccccc3)nc(-c3ccc4cc(-n5c6ccccc6c6cc7c8ccc9ccccc9c8n(-c8cccc9ccccc89)c7cc65)ccc4c3)n2)cc1. The van der Waals surface area contributed by atoms with E-state index in [1.165, 1.54) is 65.3 Å². The maximum absolute atomic E-state index is 5.01. The summed E-state index contributed by atoms with van der Waals surface area (Å²) in [6.07, 6.45) is 0. The summed E-state index contributed by atoms with van der Waals surface area (Å²) in [6.45, 7) is 0. The zero-order chi connectivity index (χ0) is 40.7. The second-order valence-corrected chi connectivity index (χ2v) is 16.0. The fourth-order valence-electron chi connectivity index (χ4n) is 9.62. The van der Waals surface area contributed by atoms with Gasteiger partial charge in [-0.15, -0.1) is 0 Å². The molecule has 0 saturated heterocycles. The number of benzene rings is 10. The molecule has 3 heterocycles. The van der Waals surface area contributed by atoms with Gasteiger partial charge in [0, 0.05) is 54.7 Å². The van der Waals surface area contributed by atoms with Crippen molar-refractivity contribution in [3.05, 3.63) is 212 Å². The van der Waals surface area contributed by atoms with Crippen molar-refractivity contribution in [2.24, 2.45) is 0 Å². The van der Waals surface area contributed by atoms with E-state index >= 15 is 0 Å². The van der Waals surface area contributed by atoms with Crippen LogP contribution in [0.15, 0.2) is 212 Å². The lowest BCUT2D eigenvalue weighted by Crippen LogP contribution is -2.00. The molecule has 0 amide bonds. The predicted octanol–water partition coefficient (Wildman–Crippen LogP) is 14.5. The molecule has 0 aliphatic heterocycles. The van der Waals surface area contributed by atoms with E-state index in [2.05, 4.69) is 161 Å². The molecule has 3 aromatic heterocycles. The molecule has 13 rings (SSSR count). The molecule has 0 unspecified atom stereocenters. The summed E-state index contributed by atoms with van der Waals surface area (Å²) in [5, 5.41) is 12.1. The molecular formula is C57H35N5. The fraction of sp³-hybridized carbons (Fsp3) is 0. The van der Waals surface area contributed by atoms with Crippen LogP contribution in [-0.4, -0.2) is 24.1 Å². The molecule has 0 aliphatic carbocycles. The van der Waals surface area contributed by atoms with Crippen LogP contribution >= 0.6 is 0 Å². The molecule has 0 spiro atoms. The summed E-state index contributed by atoms with van der Waals surface area (Å²) < 4.78 is 4.94. The minimum absolute atomic E-state index is 0.643. The molecular weight excluding hydrogens is 755 g/mol. The van der Waals surface area contributed by atoms with Gasteiger partial charge in [-0.2, -0.15) is 0 Å². The predicted molar refractivity (Wildman–Crippen MR) is 257 cm³/mol. The van der Waals surface area contributed by atoms with Gasteiger partial charge in [-0.1, -0.05) is 170 Å². The number of hydrogen-bond donors (Lipinski definition) is 0. The summed E-state index contributed by atoms with van der Waals surface area (Å²) in [6, 6.07) is 75.9. The first-order chi connectivity index (χ1) is 30.7. The van der Waals surface area contributed by atoms with Crippen LogP contribution in [0.5, 0.6) is 0 Å². The zero-order valence-electron chi connectivity index (χ0n) is 33.4. The third kappa shape index (κ3) is 5.32. The molecule has 0 bridgehead atoms. The van der Waals surface area contributed by atoms with Gasteiger partial charge >= 0.3 is 0 Å². The molecule has 0 fully saturated rings. The molecule has 0 atom stereocenters. The first-order valence-corrected chi connectivity index (χ1v) is 21.0. The van der Waals surface area contributed by atoms with Gasteiger partial charge in [-0.25, -0.2) is 15.0 Å². The average molecular weight is 790 g/mol. The smallest absolute Gasteiger partial charge is 0.164 e. The number of hydrogen-bond acceptors (Lipinski definition) is 3. The van der Waals surface area contributed by atoms with Crippen molar-refractivity contribution in [3.63, 3.8) is 0 Å². The molecule has 10 aromatic carbocycles. The van der Waals surface area contributed by atoms with Crippen LogP contribution in [0.1, 0.15) is 0 Å². The van der Waals surface area contributed by atoms with Gasteiger partial charge in [0.15, 0.2) is 17.5 Å². The molecule has 0 saturated carbocycles. The molecule has 0 N–H and O–H groups in total. The number of aromatic nitrogens is 5. The minimum Gasteiger partial charge on any atom is -0.309 e. The third-order valence-corrected chi connectivity index (χ3v) is 12.5. The average Bonchev–Trinajstić information content (AvgIpc) is 3.85. The van der Waals surface area contributed by atoms with E-state index < -0.39 is 0 Å². The lowest BCUT2D eigenvalue weighted by atomic mass is 10.0. The van der Waals surface area contributed by atoms with E-state index in [-0.39, 0.29) is 0 Å². The van der Waals surface area contributed by atoms with E-state index in [9.17, 15) is 0 Å². The summed E-state index contributed by atoms with van der Waals surface area (Å²) in [4.78, 5) is 14.9. The quantitative estimate of drug-likeness (QED) is 0.174. The van der Waals surface area contributed by atoms with Crippen molar-refractivity contribution in [3.8, 4) is 45.5 Å². The molecule has 62 heavy (non-hydrogen) atoms. The van der Waals surface area contributed by atoms with Crippen molar-refractivity contribution in [1.29, 1.82) is 0 Å².